The Morgan fingerprint density at radius 3 is 2.10 bits per heavy atom. The number of carbonyl (C=O) groups excluding carboxylic acids is 1. The molecule has 0 heterocycles. The van der Waals surface area contributed by atoms with Gasteiger partial charge in [-0.05, 0) is 50.6 Å². The van der Waals surface area contributed by atoms with E-state index in [-0.39, 0.29) is 11.4 Å². The van der Waals surface area contributed by atoms with Crippen LogP contribution in [0.4, 0.5) is 18.0 Å². The standard InChI is InChI=1S/C20H23F3N2O5S/c1-19(2,3)30-18(26)24-13-17(14-7-5-4-6-8-14)25-31(27,28)16-11-9-15(10-12-16)29-20(21,22)23/h4-12,17,25H,13H2,1-3H3,(H,24,26). The van der Waals surface area contributed by atoms with E-state index in [9.17, 15) is 26.4 Å². The number of rotatable bonds is 7. The maximum absolute atomic E-state index is 12.8. The van der Waals surface area contributed by atoms with E-state index in [4.69, 9.17) is 4.74 Å². The van der Waals surface area contributed by atoms with Gasteiger partial charge in [0.1, 0.15) is 11.4 Å². The number of hydrogen-bond donors (Lipinski definition) is 2. The molecule has 0 aromatic heterocycles. The number of alkyl carbamates (subject to hydrolysis) is 1. The molecule has 0 aliphatic carbocycles. The Morgan fingerprint density at radius 2 is 1.58 bits per heavy atom. The molecule has 1 unspecified atom stereocenters. The molecule has 1 amide bonds. The van der Waals surface area contributed by atoms with Crippen molar-refractivity contribution >= 4 is 16.1 Å². The maximum Gasteiger partial charge on any atom is 0.573 e. The summed E-state index contributed by atoms with van der Waals surface area (Å²) in [6, 6.07) is 11.4. The molecule has 11 heteroatoms. The number of alkyl halides is 3. The summed E-state index contributed by atoms with van der Waals surface area (Å²) in [4.78, 5) is 11.7. The monoisotopic (exact) mass is 460 g/mol. The van der Waals surface area contributed by atoms with E-state index in [1.165, 1.54) is 0 Å². The van der Waals surface area contributed by atoms with Crippen molar-refractivity contribution in [3.8, 4) is 5.75 Å². The van der Waals surface area contributed by atoms with Crippen molar-refractivity contribution in [3.05, 3.63) is 60.2 Å². The number of halogens is 3. The SMILES string of the molecule is CC(C)(C)OC(=O)NCC(NS(=O)(=O)c1ccc(OC(F)(F)F)cc1)c1ccccc1. The summed E-state index contributed by atoms with van der Waals surface area (Å²) < 4.78 is 73.8. The molecule has 2 rings (SSSR count). The van der Waals surface area contributed by atoms with Gasteiger partial charge in [0.25, 0.3) is 0 Å². The topological polar surface area (TPSA) is 93.7 Å². The zero-order valence-electron chi connectivity index (χ0n) is 17.1. The minimum absolute atomic E-state index is 0.118. The molecule has 2 aromatic carbocycles. The fourth-order valence-corrected chi connectivity index (χ4v) is 3.71. The van der Waals surface area contributed by atoms with Crippen LogP contribution in [-0.2, 0) is 14.8 Å². The Labute approximate surface area is 178 Å². The predicted octanol–water partition coefficient (Wildman–Crippen LogP) is 4.13. The summed E-state index contributed by atoms with van der Waals surface area (Å²) in [6.45, 7) is 4.95. The summed E-state index contributed by atoms with van der Waals surface area (Å²) >= 11 is 0. The quantitative estimate of drug-likeness (QED) is 0.648. The van der Waals surface area contributed by atoms with Crippen LogP contribution in [0.1, 0.15) is 32.4 Å². The van der Waals surface area contributed by atoms with Gasteiger partial charge in [-0.2, -0.15) is 0 Å². The number of sulfonamides is 1. The molecule has 2 aromatic rings. The third-order valence-electron chi connectivity index (χ3n) is 3.72. The highest BCUT2D eigenvalue weighted by atomic mass is 32.2. The van der Waals surface area contributed by atoms with Crippen molar-refractivity contribution in [2.45, 2.75) is 43.7 Å². The van der Waals surface area contributed by atoms with Crippen molar-refractivity contribution in [2.24, 2.45) is 0 Å². The van der Waals surface area contributed by atoms with Gasteiger partial charge in [-0.3, -0.25) is 0 Å². The molecule has 0 aliphatic heterocycles. The second-order valence-corrected chi connectivity index (χ2v) is 9.20. The normalized spacial score (nSPS) is 13.4. The van der Waals surface area contributed by atoms with Gasteiger partial charge in [0.2, 0.25) is 10.0 Å². The second-order valence-electron chi connectivity index (χ2n) is 7.49. The van der Waals surface area contributed by atoms with Crippen LogP contribution in [0.25, 0.3) is 0 Å². The molecule has 0 radical (unpaired) electrons. The lowest BCUT2D eigenvalue weighted by Gasteiger charge is -2.23. The Kier molecular flexibility index (Phi) is 7.55. The molecule has 0 fully saturated rings. The Bertz CT molecular complexity index is 973. The van der Waals surface area contributed by atoms with E-state index < -0.39 is 39.9 Å². The lowest BCUT2D eigenvalue weighted by atomic mass is 10.1. The third kappa shape index (κ3) is 8.46. The first-order chi connectivity index (χ1) is 14.3. The van der Waals surface area contributed by atoms with Gasteiger partial charge in [0.15, 0.2) is 0 Å². The highest BCUT2D eigenvalue weighted by Crippen LogP contribution is 2.24. The van der Waals surface area contributed by atoms with E-state index in [0.717, 1.165) is 24.3 Å². The van der Waals surface area contributed by atoms with Crippen LogP contribution in [0.5, 0.6) is 5.75 Å². The van der Waals surface area contributed by atoms with E-state index >= 15 is 0 Å². The molecular formula is C20H23F3N2O5S. The Hall–Kier alpha value is -2.79. The van der Waals surface area contributed by atoms with Gasteiger partial charge in [0, 0.05) is 6.54 Å². The Morgan fingerprint density at radius 1 is 1.00 bits per heavy atom. The van der Waals surface area contributed by atoms with E-state index in [0.29, 0.717) is 5.56 Å². The summed E-state index contributed by atoms with van der Waals surface area (Å²) in [7, 11) is -4.13. The molecule has 31 heavy (non-hydrogen) atoms. The van der Waals surface area contributed by atoms with Gasteiger partial charge in [-0.25, -0.2) is 17.9 Å². The molecule has 0 spiro atoms. The van der Waals surface area contributed by atoms with Crippen molar-refractivity contribution in [1.29, 1.82) is 0 Å². The average molecular weight is 460 g/mol. The van der Waals surface area contributed by atoms with Crippen LogP contribution >= 0.6 is 0 Å². The molecule has 7 nitrogen and oxygen atoms in total. The largest absolute Gasteiger partial charge is 0.573 e. The highest BCUT2D eigenvalue weighted by Gasteiger charge is 2.31. The van der Waals surface area contributed by atoms with Crippen LogP contribution < -0.4 is 14.8 Å². The zero-order valence-corrected chi connectivity index (χ0v) is 17.9. The number of amides is 1. The first-order valence-corrected chi connectivity index (χ1v) is 10.6. The summed E-state index contributed by atoms with van der Waals surface area (Å²) in [5.41, 5.74) is -0.161. The molecule has 1 atom stereocenters. The first kappa shape index (κ1) is 24.5. The molecule has 170 valence electrons. The smallest absolute Gasteiger partial charge is 0.444 e. The lowest BCUT2D eigenvalue weighted by Crippen LogP contribution is -2.40. The van der Waals surface area contributed by atoms with Crippen molar-refractivity contribution < 1.29 is 35.9 Å². The fourth-order valence-electron chi connectivity index (χ4n) is 2.49. The van der Waals surface area contributed by atoms with Crippen LogP contribution in [0.2, 0.25) is 0 Å². The van der Waals surface area contributed by atoms with Gasteiger partial charge in [-0.1, -0.05) is 30.3 Å². The molecule has 0 bridgehead atoms. The molecule has 0 aliphatic rings. The molecule has 2 N–H and O–H groups in total. The summed E-state index contributed by atoms with van der Waals surface area (Å²) in [5, 5.41) is 2.51. The Balaban J connectivity index is 2.18. The van der Waals surface area contributed by atoms with Crippen LogP contribution in [0.15, 0.2) is 59.5 Å². The first-order valence-electron chi connectivity index (χ1n) is 9.15. The number of carbonyl (C=O) groups is 1. The van der Waals surface area contributed by atoms with E-state index in [1.807, 2.05) is 0 Å². The minimum atomic E-state index is -4.88. The van der Waals surface area contributed by atoms with Crippen LogP contribution in [-0.4, -0.2) is 33.0 Å². The van der Waals surface area contributed by atoms with Gasteiger partial charge in [-0.15, -0.1) is 13.2 Å². The molecular weight excluding hydrogens is 437 g/mol. The number of benzene rings is 2. The molecule has 0 saturated carbocycles. The average Bonchev–Trinajstić information content (AvgIpc) is 2.63. The van der Waals surface area contributed by atoms with Crippen molar-refractivity contribution in [2.75, 3.05) is 6.54 Å². The fraction of sp³-hybridized carbons (Fsp3) is 0.350. The zero-order chi connectivity index (χ0) is 23.3. The van der Waals surface area contributed by atoms with Crippen LogP contribution in [0.3, 0.4) is 0 Å². The van der Waals surface area contributed by atoms with Gasteiger partial charge < -0.3 is 14.8 Å². The van der Waals surface area contributed by atoms with E-state index in [2.05, 4.69) is 14.8 Å². The highest BCUT2D eigenvalue weighted by molar-refractivity contribution is 7.89. The van der Waals surface area contributed by atoms with Crippen molar-refractivity contribution in [1.82, 2.24) is 10.0 Å². The molecule has 0 saturated heterocycles. The minimum Gasteiger partial charge on any atom is -0.444 e. The van der Waals surface area contributed by atoms with Gasteiger partial charge in [0.05, 0.1) is 10.9 Å². The number of ether oxygens (including phenoxy) is 2. The predicted molar refractivity (Wildman–Crippen MR) is 107 cm³/mol. The lowest BCUT2D eigenvalue weighted by molar-refractivity contribution is -0.274. The third-order valence-corrected chi connectivity index (χ3v) is 5.20. The summed E-state index contributed by atoms with van der Waals surface area (Å²) in [5.74, 6) is -0.544. The number of nitrogens with one attached hydrogen (secondary N) is 2. The second kappa shape index (κ2) is 9.56. The van der Waals surface area contributed by atoms with Crippen LogP contribution in [0, 0.1) is 0 Å². The number of hydrogen-bond acceptors (Lipinski definition) is 5. The van der Waals surface area contributed by atoms with Crippen molar-refractivity contribution in [3.63, 3.8) is 0 Å². The maximum atomic E-state index is 12.8. The van der Waals surface area contributed by atoms with E-state index in [1.54, 1.807) is 51.1 Å². The van der Waals surface area contributed by atoms with Gasteiger partial charge >= 0.3 is 12.5 Å². The summed E-state index contributed by atoms with van der Waals surface area (Å²) in [6.07, 6.45) is -5.61.